The van der Waals surface area contributed by atoms with Gasteiger partial charge in [0.05, 0.1) is 23.7 Å². The minimum Gasteiger partial charge on any atom is -0.461 e. The zero-order valence-corrected chi connectivity index (χ0v) is 27.5. The van der Waals surface area contributed by atoms with Gasteiger partial charge >= 0.3 is 0 Å². The first-order valence-electron chi connectivity index (χ1n) is 15.0. The van der Waals surface area contributed by atoms with Crippen molar-refractivity contribution in [2.24, 2.45) is 0 Å². The Labute approximate surface area is 280 Å². The molecule has 6 aromatic rings. The van der Waals surface area contributed by atoms with Crippen LogP contribution in [0.3, 0.4) is 0 Å². The largest absolute Gasteiger partial charge is 0.461 e. The van der Waals surface area contributed by atoms with Crippen molar-refractivity contribution >= 4 is 40.6 Å². The normalized spacial score (nSPS) is 13.8. The molecule has 0 atom stereocenters. The third kappa shape index (κ3) is 6.39. The summed E-state index contributed by atoms with van der Waals surface area (Å²) in [4.78, 5) is 22.7. The summed E-state index contributed by atoms with van der Waals surface area (Å²) in [5.41, 5.74) is 4.91. The van der Waals surface area contributed by atoms with E-state index in [9.17, 15) is 4.79 Å². The predicted molar refractivity (Wildman–Crippen MR) is 183 cm³/mol. The second-order valence-corrected chi connectivity index (χ2v) is 13.3. The molecule has 1 aliphatic heterocycles. The van der Waals surface area contributed by atoms with Gasteiger partial charge in [0.25, 0.3) is 5.91 Å². The van der Waals surface area contributed by atoms with Crippen LogP contribution in [0.1, 0.15) is 38.2 Å². The lowest BCUT2D eigenvalue weighted by atomic mass is 9.96. The van der Waals surface area contributed by atoms with Gasteiger partial charge in [-0.1, -0.05) is 90.1 Å². The average Bonchev–Trinajstić information content (AvgIpc) is 3.88. The number of halogens is 1. The van der Waals surface area contributed by atoms with Gasteiger partial charge < -0.3 is 9.32 Å². The van der Waals surface area contributed by atoms with Gasteiger partial charge in [-0.05, 0) is 47.9 Å². The van der Waals surface area contributed by atoms with Gasteiger partial charge in [0.2, 0.25) is 5.82 Å². The van der Waals surface area contributed by atoms with E-state index in [-0.39, 0.29) is 11.9 Å². The molecule has 232 valence electrons. The van der Waals surface area contributed by atoms with E-state index in [2.05, 4.69) is 63.6 Å². The smallest absolute Gasteiger partial charge is 0.273 e. The second-order valence-electron chi connectivity index (χ2n) is 11.0. The highest BCUT2D eigenvalue weighted by molar-refractivity contribution is 7.98. The maximum absolute atomic E-state index is 13.5. The number of thioether (sulfide) groups is 1. The van der Waals surface area contributed by atoms with Crippen molar-refractivity contribution in [3.05, 3.63) is 135 Å². The molecule has 46 heavy (non-hydrogen) atoms. The Bertz CT molecular complexity index is 1880. The van der Waals surface area contributed by atoms with E-state index in [0.29, 0.717) is 46.3 Å². The van der Waals surface area contributed by atoms with Crippen LogP contribution in [0.4, 0.5) is 0 Å². The maximum Gasteiger partial charge on any atom is 0.273 e. The predicted octanol–water partition coefficient (Wildman–Crippen LogP) is 7.79. The third-order valence-corrected chi connectivity index (χ3v) is 10.3. The number of nitrogens with zero attached hydrogens (tertiary/aromatic N) is 6. The van der Waals surface area contributed by atoms with Gasteiger partial charge in [-0.25, -0.2) is 4.98 Å². The van der Waals surface area contributed by atoms with E-state index in [1.54, 1.807) is 6.26 Å². The molecule has 1 saturated heterocycles. The number of piperazine rings is 1. The number of aromatic nitrogens is 4. The van der Waals surface area contributed by atoms with Crippen molar-refractivity contribution in [2.75, 3.05) is 26.2 Å². The summed E-state index contributed by atoms with van der Waals surface area (Å²) in [6.45, 7) is 4.88. The van der Waals surface area contributed by atoms with Crippen molar-refractivity contribution in [2.45, 2.75) is 23.9 Å². The fourth-order valence-electron chi connectivity index (χ4n) is 5.80. The van der Waals surface area contributed by atoms with E-state index in [0.717, 1.165) is 29.3 Å². The van der Waals surface area contributed by atoms with E-state index < -0.39 is 0 Å². The molecule has 3 aromatic carbocycles. The highest BCUT2D eigenvalue weighted by Gasteiger charge is 2.29. The Balaban J connectivity index is 1.03. The van der Waals surface area contributed by atoms with Crippen LogP contribution in [0.15, 0.2) is 112 Å². The van der Waals surface area contributed by atoms with Crippen molar-refractivity contribution in [1.29, 1.82) is 0 Å². The Morgan fingerprint density at radius 3 is 2.33 bits per heavy atom. The number of carbonyl (C=O) groups excluding carboxylic acids is 1. The van der Waals surface area contributed by atoms with Gasteiger partial charge in [0.15, 0.2) is 10.9 Å². The maximum atomic E-state index is 13.5. The van der Waals surface area contributed by atoms with E-state index in [1.165, 1.54) is 34.2 Å². The van der Waals surface area contributed by atoms with Crippen LogP contribution < -0.4 is 0 Å². The summed E-state index contributed by atoms with van der Waals surface area (Å²) in [5, 5.41) is 12.9. The van der Waals surface area contributed by atoms with Crippen LogP contribution in [0.2, 0.25) is 5.02 Å². The standard InChI is InChI=1S/C35H31ClN6O2S2/c1-24-14-15-27(36)21-29(24)42-33(30-13-8-20-44-30)38-39-35(42)46-23-31-37-28(22-45-31)34(43)41-18-16-40(17-19-41)32(25-9-4-2-5-10-25)26-11-6-3-7-12-26/h2-15,20-22,32H,16-19,23H2,1H3. The second kappa shape index (κ2) is 13.6. The zero-order chi connectivity index (χ0) is 31.5. The Hall–Kier alpha value is -4.22. The number of amides is 1. The van der Waals surface area contributed by atoms with Crippen LogP contribution in [0.25, 0.3) is 17.3 Å². The number of aryl methyl sites for hydroxylation is 1. The quantitative estimate of drug-likeness (QED) is 0.146. The van der Waals surface area contributed by atoms with E-state index in [4.69, 9.17) is 21.0 Å². The molecule has 4 heterocycles. The summed E-state index contributed by atoms with van der Waals surface area (Å²) >= 11 is 9.38. The topological polar surface area (TPSA) is 80.3 Å². The fraction of sp³-hybridized carbons (Fsp3) is 0.200. The number of furan rings is 1. The summed E-state index contributed by atoms with van der Waals surface area (Å²) < 4.78 is 7.62. The molecule has 0 bridgehead atoms. The Morgan fingerprint density at radius 1 is 0.935 bits per heavy atom. The lowest BCUT2D eigenvalue weighted by Crippen LogP contribution is -2.50. The van der Waals surface area contributed by atoms with Crippen molar-refractivity contribution in [3.8, 4) is 17.3 Å². The van der Waals surface area contributed by atoms with Gasteiger partial charge in [-0.15, -0.1) is 21.5 Å². The van der Waals surface area contributed by atoms with Crippen LogP contribution in [-0.4, -0.2) is 61.6 Å². The summed E-state index contributed by atoms with van der Waals surface area (Å²) in [5.74, 6) is 1.71. The molecular weight excluding hydrogens is 636 g/mol. The summed E-state index contributed by atoms with van der Waals surface area (Å²) in [6.07, 6.45) is 1.62. The molecule has 0 radical (unpaired) electrons. The van der Waals surface area contributed by atoms with Crippen molar-refractivity contribution in [1.82, 2.24) is 29.5 Å². The summed E-state index contributed by atoms with van der Waals surface area (Å²) in [6, 6.07) is 30.7. The Kier molecular flexibility index (Phi) is 9.03. The number of thiazole rings is 1. The van der Waals surface area contributed by atoms with Gasteiger partial charge in [0.1, 0.15) is 10.7 Å². The average molecular weight is 667 g/mol. The monoisotopic (exact) mass is 666 g/mol. The van der Waals surface area contributed by atoms with E-state index in [1.807, 2.05) is 64.2 Å². The van der Waals surface area contributed by atoms with Crippen LogP contribution in [0.5, 0.6) is 0 Å². The number of carbonyl (C=O) groups is 1. The molecule has 0 unspecified atom stereocenters. The van der Waals surface area contributed by atoms with Crippen molar-refractivity contribution < 1.29 is 9.21 Å². The van der Waals surface area contributed by atoms with Gasteiger partial charge in [-0.3, -0.25) is 14.3 Å². The lowest BCUT2D eigenvalue weighted by Gasteiger charge is -2.39. The lowest BCUT2D eigenvalue weighted by molar-refractivity contribution is 0.0592. The fourth-order valence-corrected chi connectivity index (χ4v) is 7.70. The van der Waals surface area contributed by atoms with Crippen LogP contribution in [-0.2, 0) is 5.75 Å². The molecule has 11 heteroatoms. The molecule has 0 N–H and O–H groups in total. The first-order valence-corrected chi connectivity index (χ1v) is 17.3. The van der Waals surface area contributed by atoms with E-state index >= 15 is 0 Å². The van der Waals surface area contributed by atoms with Crippen LogP contribution >= 0.6 is 34.7 Å². The molecule has 1 aliphatic rings. The van der Waals surface area contributed by atoms with Gasteiger partial charge in [-0.2, -0.15) is 0 Å². The molecular formula is C35H31ClN6O2S2. The molecule has 0 spiro atoms. The molecule has 1 fully saturated rings. The highest BCUT2D eigenvalue weighted by Crippen LogP contribution is 2.33. The number of hydrogen-bond acceptors (Lipinski definition) is 8. The third-order valence-electron chi connectivity index (χ3n) is 8.08. The zero-order valence-electron chi connectivity index (χ0n) is 25.1. The minimum absolute atomic E-state index is 0.0269. The molecule has 7 rings (SSSR count). The number of hydrogen-bond donors (Lipinski definition) is 0. The Morgan fingerprint density at radius 2 is 1.65 bits per heavy atom. The first kappa shape index (κ1) is 30.4. The van der Waals surface area contributed by atoms with Gasteiger partial charge in [0, 0.05) is 36.6 Å². The van der Waals surface area contributed by atoms with Crippen LogP contribution in [0, 0.1) is 6.92 Å². The molecule has 3 aromatic heterocycles. The molecule has 8 nitrogen and oxygen atoms in total. The number of rotatable bonds is 9. The molecule has 0 saturated carbocycles. The summed E-state index contributed by atoms with van der Waals surface area (Å²) in [7, 11) is 0. The molecule has 1 amide bonds. The first-order chi connectivity index (χ1) is 22.5. The SMILES string of the molecule is Cc1ccc(Cl)cc1-n1c(SCc2nc(C(=O)N3CCN(C(c4ccccc4)c4ccccc4)CC3)cs2)nnc1-c1ccco1. The number of benzene rings is 3. The molecule has 0 aliphatic carbocycles. The highest BCUT2D eigenvalue weighted by atomic mass is 35.5. The minimum atomic E-state index is -0.0269. The van der Waals surface area contributed by atoms with Crippen molar-refractivity contribution in [3.63, 3.8) is 0 Å².